The summed E-state index contributed by atoms with van der Waals surface area (Å²) >= 11 is 0. The predicted molar refractivity (Wildman–Crippen MR) is 67.6 cm³/mol. The molecule has 16 heavy (non-hydrogen) atoms. The molecule has 0 aromatic heterocycles. The number of likely N-dealkylation sites (N-methyl/N-ethyl adjacent to an activating group) is 1. The summed E-state index contributed by atoms with van der Waals surface area (Å²) in [6, 6.07) is 10.6. The van der Waals surface area contributed by atoms with E-state index in [1.807, 2.05) is 25.1 Å². The number of aliphatic hydroxyl groups excluding tert-OH is 1. The minimum atomic E-state index is -0.295. The summed E-state index contributed by atoms with van der Waals surface area (Å²) in [6.07, 6.45) is 1.87. The highest BCUT2D eigenvalue weighted by Gasteiger charge is 2.32. The van der Waals surface area contributed by atoms with Crippen molar-refractivity contribution in [2.24, 2.45) is 5.92 Å². The van der Waals surface area contributed by atoms with Crippen molar-refractivity contribution >= 4 is 5.69 Å². The molecule has 1 aliphatic carbocycles. The van der Waals surface area contributed by atoms with Crippen LogP contribution in [0.5, 0.6) is 0 Å². The van der Waals surface area contributed by atoms with Crippen LogP contribution in [0.25, 0.3) is 0 Å². The van der Waals surface area contributed by atoms with Crippen LogP contribution in [0.4, 0.5) is 5.69 Å². The van der Waals surface area contributed by atoms with E-state index in [2.05, 4.69) is 37.1 Å². The fraction of sp³-hybridized carbons (Fsp3) is 0.429. The third-order valence-electron chi connectivity index (χ3n) is 3.55. The van der Waals surface area contributed by atoms with Crippen molar-refractivity contribution in [3.63, 3.8) is 0 Å². The standard InChI is InChI=1S/C14H19NO/c1-10-9-13(11(2)14(10)16)15(3)12-7-5-4-6-8-12/h4-9,11,13-14,16H,1-3H3/t11-,13+,14+/m0/s1. The van der Waals surface area contributed by atoms with Gasteiger partial charge >= 0.3 is 0 Å². The Labute approximate surface area is 97.2 Å². The number of aliphatic hydroxyl groups is 1. The van der Waals surface area contributed by atoms with Crippen molar-refractivity contribution in [1.29, 1.82) is 0 Å². The van der Waals surface area contributed by atoms with Crippen molar-refractivity contribution < 1.29 is 5.11 Å². The van der Waals surface area contributed by atoms with E-state index in [-0.39, 0.29) is 18.1 Å². The minimum Gasteiger partial charge on any atom is -0.388 e. The molecule has 0 heterocycles. The van der Waals surface area contributed by atoms with Crippen molar-refractivity contribution in [3.8, 4) is 0 Å². The molecule has 2 heteroatoms. The number of nitrogens with zero attached hydrogens (tertiary/aromatic N) is 1. The third kappa shape index (κ3) is 1.85. The number of benzene rings is 1. The van der Waals surface area contributed by atoms with Gasteiger partial charge in [0.2, 0.25) is 0 Å². The van der Waals surface area contributed by atoms with Crippen LogP contribution in [-0.2, 0) is 0 Å². The maximum Gasteiger partial charge on any atom is 0.0796 e. The van der Waals surface area contributed by atoms with Crippen LogP contribution < -0.4 is 4.90 Å². The monoisotopic (exact) mass is 217 g/mol. The molecule has 0 aliphatic heterocycles. The Bertz CT molecular complexity index is 385. The number of hydrogen-bond donors (Lipinski definition) is 1. The molecule has 0 saturated heterocycles. The molecule has 0 radical (unpaired) electrons. The smallest absolute Gasteiger partial charge is 0.0796 e. The average Bonchev–Trinajstić information content (AvgIpc) is 2.57. The molecular weight excluding hydrogens is 198 g/mol. The minimum absolute atomic E-state index is 0.255. The molecule has 2 nitrogen and oxygen atoms in total. The molecule has 0 amide bonds. The fourth-order valence-corrected chi connectivity index (χ4v) is 2.42. The van der Waals surface area contributed by atoms with Gasteiger partial charge in [-0.3, -0.25) is 0 Å². The fourth-order valence-electron chi connectivity index (χ4n) is 2.42. The molecule has 1 N–H and O–H groups in total. The van der Waals surface area contributed by atoms with Gasteiger partial charge in [0, 0.05) is 18.7 Å². The summed E-state index contributed by atoms with van der Waals surface area (Å²) in [4.78, 5) is 2.23. The highest BCUT2D eigenvalue weighted by molar-refractivity contribution is 5.48. The molecular formula is C14H19NO. The first-order valence-corrected chi connectivity index (χ1v) is 5.75. The number of hydrogen-bond acceptors (Lipinski definition) is 2. The van der Waals surface area contributed by atoms with Gasteiger partial charge in [-0.25, -0.2) is 0 Å². The van der Waals surface area contributed by atoms with Crippen molar-refractivity contribution in [2.45, 2.75) is 26.0 Å². The van der Waals surface area contributed by atoms with E-state index >= 15 is 0 Å². The first-order chi connectivity index (χ1) is 7.61. The van der Waals surface area contributed by atoms with Crippen LogP contribution in [0, 0.1) is 5.92 Å². The van der Waals surface area contributed by atoms with Gasteiger partial charge in [0.1, 0.15) is 0 Å². The molecule has 0 fully saturated rings. The normalized spacial score (nSPS) is 29.0. The Kier molecular flexibility index (Phi) is 3.01. The lowest BCUT2D eigenvalue weighted by atomic mass is 10.0. The first-order valence-electron chi connectivity index (χ1n) is 5.75. The van der Waals surface area contributed by atoms with Crippen LogP contribution in [-0.4, -0.2) is 24.3 Å². The van der Waals surface area contributed by atoms with Crippen LogP contribution >= 0.6 is 0 Å². The van der Waals surface area contributed by atoms with Gasteiger partial charge in [0.15, 0.2) is 0 Å². The highest BCUT2D eigenvalue weighted by Crippen LogP contribution is 2.30. The molecule has 1 aromatic carbocycles. The summed E-state index contributed by atoms with van der Waals surface area (Å²) in [5.41, 5.74) is 2.28. The second-order valence-corrected chi connectivity index (χ2v) is 4.65. The molecule has 3 atom stereocenters. The average molecular weight is 217 g/mol. The quantitative estimate of drug-likeness (QED) is 0.769. The Hall–Kier alpha value is -1.28. The summed E-state index contributed by atoms with van der Waals surface area (Å²) in [5.74, 6) is 0.255. The van der Waals surface area contributed by atoms with Crippen LogP contribution in [0.3, 0.4) is 0 Å². The summed E-state index contributed by atoms with van der Waals surface area (Å²) in [6.45, 7) is 4.10. The van der Waals surface area contributed by atoms with E-state index < -0.39 is 0 Å². The van der Waals surface area contributed by atoms with E-state index in [4.69, 9.17) is 0 Å². The lowest BCUT2D eigenvalue weighted by Crippen LogP contribution is -2.36. The highest BCUT2D eigenvalue weighted by atomic mass is 16.3. The van der Waals surface area contributed by atoms with Crippen LogP contribution in [0.1, 0.15) is 13.8 Å². The van der Waals surface area contributed by atoms with E-state index in [9.17, 15) is 5.11 Å². The van der Waals surface area contributed by atoms with E-state index in [1.165, 1.54) is 5.69 Å². The van der Waals surface area contributed by atoms with Crippen molar-refractivity contribution in [1.82, 2.24) is 0 Å². The zero-order valence-electron chi connectivity index (χ0n) is 10.1. The third-order valence-corrected chi connectivity index (χ3v) is 3.55. The van der Waals surface area contributed by atoms with Crippen molar-refractivity contribution in [2.75, 3.05) is 11.9 Å². The Morgan fingerprint density at radius 1 is 1.19 bits per heavy atom. The molecule has 2 rings (SSSR count). The summed E-state index contributed by atoms with van der Waals surface area (Å²) in [7, 11) is 2.08. The number of anilines is 1. The maximum atomic E-state index is 9.94. The largest absolute Gasteiger partial charge is 0.388 e. The molecule has 1 aromatic rings. The van der Waals surface area contributed by atoms with Gasteiger partial charge < -0.3 is 10.0 Å². The maximum absolute atomic E-state index is 9.94. The zero-order chi connectivity index (χ0) is 11.7. The Morgan fingerprint density at radius 3 is 2.31 bits per heavy atom. The predicted octanol–water partition coefficient (Wildman–Crippen LogP) is 2.45. The van der Waals surface area contributed by atoms with E-state index in [0.717, 1.165) is 5.57 Å². The second kappa shape index (κ2) is 4.30. The SMILES string of the molecule is CC1=C[C@@H](N(C)c2ccccc2)[C@H](C)[C@@H]1O. The van der Waals surface area contributed by atoms with Crippen LogP contribution in [0.2, 0.25) is 0 Å². The Morgan fingerprint density at radius 2 is 1.81 bits per heavy atom. The van der Waals surface area contributed by atoms with Gasteiger partial charge in [-0.15, -0.1) is 0 Å². The molecule has 0 saturated carbocycles. The van der Waals surface area contributed by atoms with E-state index in [0.29, 0.717) is 0 Å². The number of rotatable bonds is 2. The van der Waals surface area contributed by atoms with Gasteiger partial charge in [-0.1, -0.05) is 31.2 Å². The topological polar surface area (TPSA) is 23.5 Å². The lowest BCUT2D eigenvalue weighted by Gasteiger charge is -2.30. The van der Waals surface area contributed by atoms with Crippen molar-refractivity contribution in [3.05, 3.63) is 42.0 Å². The molecule has 86 valence electrons. The summed E-state index contributed by atoms with van der Waals surface area (Å²) in [5, 5.41) is 9.94. The van der Waals surface area contributed by atoms with E-state index in [1.54, 1.807) is 0 Å². The number of para-hydroxylation sites is 1. The van der Waals surface area contributed by atoms with Gasteiger partial charge in [0.05, 0.1) is 12.1 Å². The van der Waals surface area contributed by atoms with Crippen LogP contribution in [0.15, 0.2) is 42.0 Å². The Balaban J connectivity index is 2.21. The molecule has 1 aliphatic rings. The summed E-state index contributed by atoms with van der Waals surface area (Å²) < 4.78 is 0. The first kappa shape index (κ1) is 11.2. The van der Waals surface area contributed by atoms with Gasteiger partial charge in [-0.05, 0) is 24.6 Å². The zero-order valence-corrected chi connectivity index (χ0v) is 10.1. The van der Waals surface area contributed by atoms with Gasteiger partial charge in [0.25, 0.3) is 0 Å². The molecule has 0 unspecified atom stereocenters. The molecule has 0 spiro atoms. The molecule has 0 bridgehead atoms. The van der Waals surface area contributed by atoms with Gasteiger partial charge in [-0.2, -0.15) is 0 Å². The second-order valence-electron chi connectivity index (χ2n) is 4.65. The lowest BCUT2D eigenvalue weighted by molar-refractivity contribution is 0.157.